The lowest BCUT2D eigenvalue weighted by Crippen LogP contribution is -2.22. The van der Waals surface area contributed by atoms with Crippen LogP contribution in [0.25, 0.3) is 16.8 Å². The highest BCUT2D eigenvalue weighted by atomic mass is 16.5. The van der Waals surface area contributed by atoms with E-state index in [0.29, 0.717) is 18.7 Å². The molecular weight excluding hydrogens is 440 g/mol. The van der Waals surface area contributed by atoms with Gasteiger partial charge in [-0.05, 0) is 65.4 Å². The fourth-order valence-electron chi connectivity index (χ4n) is 3.81. The Bertz CT molecular complexity index is 1290. The van der Waals surface area contributed by atoms with Crippen LogP contribution in [0, 0.1) is 0 Å². The van der Waals surface area contributed by atoms with Gasteiger partial charge in [-0.15, -0.1) is 0 Å². The number of rotatable bonds is 10. The summed E-state index contributed by atoms with van der Waals surface area (Å²) in [4.78, 5) is 11.6. The molecule has 0 aromatic heterocycles. The molecule has 0 saturated carbocycles. The molecule has 35 heavy (non-hydrogen) atoms. The van der Waals surface area contributed by atoms with Gasteiger partial charge >= 0.3 is 0 Å². The zero-order chi connectivity index (χ0) is 24.5. The van der Waals surface area contributed by atoms with Crippen LogP contribution >= 0.6 is 0 Å². The molecule has 6 heteroatoms. The van der Waals surface area contributed by atoms with Crippen molar-refractivity contribution in [1.82, 2.24) is 10.8 Å². The SMILES string of the molecule is O=C(NO)c1ccc(/C=C(\CNCCc2ccc(O)cc2)COc2cccc3ccccc23)cc1. The molecule has 4 rings (SSSR count). The summed E-state index contributed by atoms with van der Waals surface area (Å²) in [6.07, 6.45) is 2.88. The first-order valence-electron chi connectivity index (χ1n) is 11.5. The summed E-state index contributed by atoms with van der Waals surface area (Å²) in [6.45, 7) is 1.80. The van der Waals surface area contributed by atoms with Gasteiger partial charge < -0.3 is 15.2 Å². The Morgan fingerprint density at radius 2 is 1.63 bits per heavy atom. The summed E-state index contributed by atoms with van der Waals surface area (Å²) in [5, 5.41) is 23.9. The summed E-state index contributed by atoms with van der Waals surface area (Å²) < 4.78 is 6.23. The van der Waals surface area contributed by atoms with Gasteiger partial charge in [-0.25, -0.2) is 5.48 Å². The molecule has 0 fully saturated rings. The number of carbonyl (C=O) groups excluding carboxylic acids is 1. The first-order chi connectivity index (χ1) is 17.1. The van der Waals surface area contributed by atoms with Crippen molar-refractivity contribution in [2.45, 2.75) is 6.42 Å². The number of amides is 1. The van der Waals surface area contributed by atoms with Crippen LogP contribution < -0.4 is 15.5 Å². The van der Waals surface area contributed by atoms with Crippen molar-refractivity contribution in [1.29, 1.82) is 0 Å². The first-order valence-corrected chi connectivity index (χ1v) is 11.5. The number of hydroxylamine groups is 1. The maximum atomic E-state index is 11.6. The molecule has 0 aliphatic carbocycles. The van der Waals surface area contributed by atoms with Crippen molar-refractivity contribution in [2.75, 3.05) is 19.7 Å². The second-order valence-corrected chi connectivity index (χ2v) is 8.22. The molecule has 178 valence electrons. The molecule has 4 N–H and O–H groups in total. The van der Waals surface area contributed by atoms with Gasteiger partial charge in [0.2, 0.25) is 0 Å². The van der Waals surface area contributed by atoms with Gasteiger partial charge in [0.15, 0.2) is 0 Å². The molecular formula is C29H28N2O4. The van der Waals surface area contributed by atoms with Crippen molar-refractivity contribution in [2.24, 2.45) is 0 Å². The third kappa shape index (κ3) is 6.69. The van der Waals surface area contributed by atoms with Crippen LogP contribution in [0.3, 0.4) is 0 Å². The summed E-state index contributed by atoms with van der Waals surface area (Å²) in [5.74, 6) is 0.545. The van der Waals surface area contributed by atoms with E-state index in [2.05, 4.69) is 23.5 Å². The minimum atomic E-state index is -0.545. The van der Waals surface area contributed by atoms with Crippen molar-refractivity contribution < 1.29 is 19.8 Å². The van der Waals surface area contributed by atoms with Crippen LogP contribution in [0.5, 0.6) is 11.5 Å². The number of hydrogen-bond acceptors (Lipinski definition) is 5. The average molecular weight is 469 g/mol. The van der Waals surface area contributed by atoms with Gasteiger partial charge in [0.25, 0.3) is 5.91 Å². The molecule has 4 aromatic carbocycles. The predicted molar refractivity (Wildman–Crippen MR) is 138 cm³/mol. The van der Waals surface area contributed by atoms with Gasteiger partial charge in [-0.3, -0.25) is 10.0 Å². The molecule has 0 aliphatic heterocycles. The highest BCUT2D eigenvalue weighted by Gasteiger charge is 2.06. The quantitative estimate of drug-likeness (QED) is 0.150. The number of phenolic OH excluding ortho intramolecular Hbond substituents is 1. The number of benzene rings is 4. The second kappa shape index (κ2) is 11.8. The van der Waals surface area contributed by atoms with Gasteiger partial charge in [0.05, 0.1) is 0 Å². The number of hydrogen-bond donors (Lipinski definition) is 4. The van der Waals surface area contributed by atoms with Gasteiger partial charge in [0, 0.05) is 17.5 Å². The Kier molecular flexibility index (Phi) is 8.12. The molecule has 0 bridgehead atoms. The highest BCUT2D eigenvalue weighted by Crippen LogP contribution is 2.25. The summed E-state index contributed by atoms with van der Waals surface area (Å²) >= 11 is 0. The number of aromatic hydroxyl groups is 1. The third-order valence-corrected chi connectivity index (χ3v) is 5.69. The Morgan fingerprint density at radius 3 is 2.40 bits per heavy atom. The lowest BCUT2D eigenvalue weighted by Gasteiger charge is -2.14. The lowest BCUT2D eigenvalue weighted by molar-refractivity contribution is 0.0706. The van der Waals surface area contributed by atoms with Crippen molar-refractivity contribution in [3.05, 3.63) is 113 Å². The van der Waals surface area contributed by atoms with Crippen LogP contribution in [0.2, 0.25) is 0 Å². The molecule has 1 amide bonds. The van der Waals surface area contributed by atoms with E-state index in [-0.39, 0.29) is 5.75 Å². The summed E-state index contributed by atoms with van der Waals surface area (Å²) in [5.41, 5.74) is 5.14. The smallest absolute Gasteiger partial charge is 0.274 e. The van der Waals surface area contributed by atoms with Crippen LogP contribution in [0.1, 0.15) is 21.5 Å². The van der Waals surface area contributed by atoms with Crippen LogP contribution in [0.15, 0.2) is 96.6 Å². The van der Waals surface area contributed by atoms with E-state index in [4.69, 9.17) is 9.94 Å². The molecule has 6 nitrogen and oxygen atoms in total. The molecule has 0 radical (unpaired) electrons. The number of ether oxygens (including phenoxy) is 1. The topological polar surface area (TPSA) is 90.8 Å². The Morgan fingerprint density at radius 1 is 0.886 bits per heavy atom. The maximum absolute atomic E-state index is 11.6. The standard InChI is InChI=1S/C29H28N2O4/c32-26-14-10-21(11-15-26)16-17-30-19-23(18-22-8-12-25(13-9-22)29(33)31-34)20-35-28-7-3-5-24-4-1-2-6-27(24)28/h1-15,18,30,32,34H,16-17,19-20H2,(H,31,33)/b23-18+. The average Bonchev–Trinajstić information content (AvgIpc) is 2.90. The maximum Gasteiger partial charge on any atom is 0.274 e. The Labute approximate surface area is 204 Å². The molecule has 0 unspecified atom stereocenters. The zero-order valence-corrected chi connectivity index (χ0v) is 19.3. The lowest BCUT2D eigenvalue weighted by atomic mass is 10.1. The van der Waals surface area contributed by atoms with Crippen LogP contribution in [0.4, 0.5) is 0 Å². The molecule has 4 aromatic rings. The van der Waals surface area contributed by atoms with Crippen molar-refractivity contribution in [3.63, 3.8) is 0 Å². The van der Waals surface area contributed by atoms with Crippen molar-refractivity contribution in [3.8, 4) is 11.5 Å². The summed E-state index contributed by atoms with van der Waals surface area (Å²) in [6, 6.07) is 28.4. The van der Waals surface area contributed by atoms with E-state index in [1.807, 2.05) is 54.6 Å². The van der Waals surface area contributed by atoms with E-state index in [0.717, 1.165) is 46.2 Å². The van der Waals surface area contributed by atoms with Gasteiger partial charge in [-0.2, -0.15) is 0 Å². The molecule has 0 saturated heterocycles. The molecule has 0 heterocycles. The normalized spacial score (nSPS) is 11.4. The fourth-order valence-corrected chi connectivity index (χ4v) is 3.81. The van der Waals surface area contributed by atoms with E-state index >= 15 is 0 Å². The zero-order valence-electron chi connectivity index (χ0n) is 19.3. The molecule has 0 atom stereocenters. The highest BCUT2D eigenvalue weighted by molar-refractivity contribution is 5.93. The minimum Gasteiger partial charge on any atom is -0.508 e. The second-order valence-electron chi connectivity index (χ2n) is 8.22. The van der Waals surface area contributed by atoms with Crippen LogP contribution in [-0.4, -0.2) is 35.9 Å². The third-order valence-electron chi connectivity index (χ3n) is 5.69. The Hall–Kier alpha value is -4.13. The number of phenols is 1. The van der Waals surface area contributed by atoms with Crippen LogP contribution in [-0.2, 0) is 6.42 Å². The first kappa shape index (κ1) is 24.0. The molecule has 0 spiro atoms. The Balaban J connectivity index is 1.46. The summed E-state index contributed by atoms with van der Waals surface area (Å²) in [7, 11) is 0. The largest absolute Gasteiger partial charge is 0.508 e. The van der Waals surface area contributed by atoms with E-state index < -0.39 is 5.91 Å². The number of nitrogens with one attached hydrogen (secondary N) is 2. The monoisotopic (exact) mass is 468 g/mol. The van der Waals surface area contributed by atoms with E-state index in [1.54, 1.807) is 29.7 Å². The van der Waals surface area contributed by atoms with Crippen molar-refractivity contribution >= 4 is 22.8 Å². The number of fused-ring (bicyclic) bond motifs is 1. The molecule has 0 aliphatic rings. The minimum absolute atomic E-state index is 0.264. The predicted octanol–water partition coefficient (Wildman–Crippen LogP) is 4.96. The number of carbonyl (C=O) groups is 1. The van der Waals surface area contributed by atoms with E-state index in [9.17, 15) is 9.90 Å². The van der Waals surface area contributed by atoms with Gasteiger partial charge in [0.1, 0.15) is 18.1 Å². The van der Waals surface area contributed by atoms with E-state index in [1.165, 1.54) is 0 Å². The fraction of sp³-hybridized carbons (Fsp3) is 0.138. The van der Waals surface area contributed by atoms with Gasteiger partial charge in [-0.1, -0.05) is 66.7 Å².